The molecule has 0 aromatic carbocycles. The van der Waals surface area contributed by atoms with Gasteiger partial charge in [-0.05, 0) is 0 Å². The van der Waals surface area contributed by atoms with Crippen molar-refractivity contribution in [1.82, 2.24) is 0 Å². The molecule has 2 heteroatoms. The third-order valence-corrected chi connectivity index (χ3v) is 1.41. The van der Waals surface area contributed by atoms with Crippen LogP contribution in [0, 0.1) is 0 Å². The topological polar surface area (TPSA) is 20.2 Å². The first-order valence-corrected chi connectivity index (χ1v) is 3.81. The van der Waals surface area contributed by atoms with E-state index in [2.05, 4.69) is 13.2 Å². The van der Waals surface area contributed by atoms with Crippen LogP contribution in [0.4, 0.5) is 0 Å². The summed E-state index contributed by atoms with van der Waals surface area (Å²) in [5.41, 5.74) is 0. The van der Waals surface area contributed by atoms with E-state index in [1.54, 1.807) is 0 Å². The molecular formula is C7H14OS. The van der Waals surface area contributed by atoms with Crippen LogP contribution < -0.4 is 0 Å². The Balaban J connectivity index is 0. The molecule has 0 unspecified atom stereocenters. The molecule has 0 rings (SSSR count). The number of hydrogen-bond donors (Lipinski definition) is 1. The van der Waals surface area contributed by atoms with Crippen molar-refractivity contribution in [2.75, 3.05) is 18.6 Å². The van der Waals surface area contributed by atoms with Crippen molar-refractivity contribution < 1.29 is 5.11 Å². The van der Waals surface area contributed by atoms with Crippen molar-refractivity contribution >= 4 is 11.8 Å². The van der Waals surface area contributed by atoms with Crippen LogP contribution in [0.25, 0.3) is 0 Å². The Bertz CT molecular complexity index is 53.9. The van der Waals surface area contributed by atoms with E-state index in [4.69, 9.17) is 5.11 Å². The molecule has 0 atom stereocenters. The lowest BCUT2D eigenvalue weighted by Gasteiger charge is -1.85. The fourth-order valence-corrected chi connectivity index (χ4v) is 0.704. The lowest BCUT2D eigenvalue weighted by Crippen LogP contribution is -1.69. The summed E-state index contributed by atoms with van der Waals surface area (Å²) in [6, 6.07) is 0. The molecule has 0 saturated heterocycles. The van der Waals surface area contributed by atoms with Gasteiger partial charge in [0.2, 0.25) is 0 Å². The maximum Gasteiger partial charge on any atom is 0.0319 e. The standard InChI is InChI=1S/C6H10S.CH4O/c1-3-5-7-6-4-2;1-2/h3-4H,1-2,5-6H2;2H,1H3. The Labute approximate surface area is 61.5 Å². The lowest BCUT2D eigenvalue weighted by molar-refractivity contribution is 0.399. The van der Waals surface area contributed by atoms with Crippen LogP contribution in [0.15, 0.2) is 25.3 Å². The maximum atomic E-state index is 7.00. The number of aliphatic hydroxyl groups excluding tert-OH is 1. The van der Waals surface area contributed by atoms with Crippen molar-refractivity contribution in [2.45, 2.75) is 0 Å². The van der Waals surface area contributed by atoms with Crippen molar-refractivity contribution in [1.29, 1.82) is 0 Å². The van der Waals surface area contributed by atoms with Crippen molar-refractivity contribution in [3.05, 3.63) is 25.3 Å². The highest BCUT2D eigenvalue weighted by Gasteiger charge is 1.73. The summed E-state index contributed by atoms with van der Waals surface area (Å²) in [5, 5.41) is 7.00. The average molecular weight is 146 g/mol. The van der Waals surface area contributed by atoms with E-state index in [9.17, 15) is 0 Å². The molecule has 0 aliphatic heterocycles. The van der Waals surface area contributed by atoms with Crippen LogP contribution in [-0.2, 0) is 0 Å². The number of aliphatic hydroxyl groups is 1. The zero-order valence-electron chi connectivity index (χ0n) is 5.84. The number of hydrogen-bond acceptors (Lipinski definition) is 2. The summed E-state index contributed by atoms with van der Waals surface area (Å²) in [7, 11) is 1.00. The van der Waals surface area contributed by atoms with Crippen LogP contribution in [0.3, 0.4) is 0 Å². The third-order valence-electron chi connectivity index (χ3n) is 0.471. The summed E-state index contributed by atoms with van der Waals surface area (Å²) in [5.74, 6) is 2.07. The molecule has 0 fully saturated rings. The van der Waals surface area contributed by atoms with Gasteiger partial charge >= 0.3 is 0 Å². The van der Waals surface area contributed by atoms with E-state index in [1.807, 2.05) is 23.9 Å². The first kappa shape index (κ1) is 11.6. The smallest absolute Gasteiger partial charge is 0.0319 e. The van der Waals surface area contributed by atoms with Gasteiger partial charge in [0.1, 0.15) is 0 Å². The first-order valence-electron chi connectivity index (χ1n) is 2.66. The average Bonchev–Trinajstić information content (AvgIpc) is 1.94. The van der Waals surface area contributed by atoms with Crippen LogP contribution in [-0.4, -0.2) is 23.7 Å². The molecule has 0 radical (unpaired) electrons. The van der Waals surface area contributed by atoms with Gasteiger partial charge in [-0.15, -0.1) is 13.2 Å². The molecule has 0 aliphatic rings. The molecule has 54 valence electrons. The summed E-state index contributed by atoms with van der Waals surface area (Å²) >= 11 is 1.82. The monoisotopic (exact) mass is 146 g/mol. The lowest BCUT2D eigenvalue weighted by atomic mass is 10.8. The second kappa shape index (κ2) is 15.7. The summed E-state index contributed by atoms with van der Waals surface area (Å²) in [4.78, 5) is 0. The van der Waals surface area contributed by atoms with Gasteiger partial charge < -0.3 is 5.11 Å². The SMILES string of the molecule is C=CCSCC=C.CO. The van der Waals surface area contributed by atoms with Crippen LogP contribution in [0.1, 0.15) is 0 Å². The first-order chi connectivity index (χ1) is 4.41. The molecule has 1 N–H and O–H groups in total. The molecule has 0 saturated carbocycles. The van der Waals surface area contributed by atoms with Crippen molar-refractivity contribution in [3.8, 4) is 0 Å². The van der Waals surface area contributed by atoms with Gasteiger partial charge in [-0.2, -0.15) is 11.8 Å². The minimum atomic E-state index is 1.00. The molecule has 0 amide bonds. The second-order valence-electron chi connectivity index (χ2n) is 1.11. The summed E-state index contributed by atoms with van der Waals surface area (Å²) in [6.07, 6.45) is 3.79. The molecular weight excluding hydrogens is 132 g/mol. The zero-order valence-corrected chi connectivity index (χ0v) is 6.66. The zero-order chi connectivity index (χ0) is 7.54. The maximum absolute atomic E-state index is 7.00. The van der Waals surface area contributed by atoms with Crippen LogP contribution in [0.2, 0.25) is 0 Å². The fourth-order valence-electron chi connectivity index (χ4n) is 0.235. The molecule has 0 spiro atoms. The van der Waals surface area contributed by atoms with Crippen molar-refractivity contribution in [3.63, 3.8) is 0 Å². The van der Waals surface area contributed by atoms with Crippen molar-refractivity contribution in [2.24, 2.45) is 0 Å². The van der Waals surface area contributed by atoms with Crippen LogP contribution >= 0.6 is 11.8 Å². The molecule has 0 aliphatic carbocycles. The normalized spacial score (nSPS) is 6.89. The molecule has 9 heavy (non-hydrogen) atoms. The Hall–Kier alpha value is -0.210. The van der Waals surface area contributed by atoms with Gasteiger partial charge in [0.15, 0.2) is 0 Å². The minimum Gasteiger partial charge on any atom is -0.400 e. The number of rotatable bonds is 4. The Morgan fingerprint density at radius 2 is 1.56 bits per heavy atom. The largest absolute Gasteiger partial charge is 0.400 e. The highest BCUT2D eigenvalue weighted by Crippen LogP contribution is 1.97. The highest BCUT2D eigenvalue weighted by molar-refractivity contribution is 7.99. The molecule has 0 bridgehead atoms. The van der Waals surface area contributed by atoms with Gasteiger partial charge in [-0.1, -0.05) is 12.2 Å². The van der Waals surface area contributed by atoms with E-state index in [0.29, 0.717) is 0 Å². The Morgan fingerprint density at radius 3 is 1.78 bits per heavy atom. The van der Waals surface area contributed by atoms with Gasteiger partial charge in [-0.3, -0.25) is 0 Å². The van der Waals surface area contributed by atoms with Gasteiger partial charge in [0, 0.05) is 18.6 Å². The third kappa shape index (κ3) is 18.2. The van der Waals surface area contributed by atoms with E-state index < -0.39 is 0 Å². The van der Waals surface area contributed by atoms with Gasteiger partial charge in [0.05, 0.1) is 0 Å². The summed E-state index contributed by atoms with van der Waals surface area (Å²) in [6.45, 7) is 7.15. The van der Waals surface area contributed by atoms with E-state index in [0.717, 1.165) is 18.6 Å². The predicted octanol–water partition coefficient (Wildman–Crippen LogP) is 1.70. The number of thioether (sulfide) groups is 1. The van der Waals surface area contributed by atoms with Crippen LogP contribution in [0.5, 0.6) is 0 Å². The summed E-state index contributed by atoms with van der Waals surface area (Å²) < 4.78 is 0. The molecule has 1 nitrogen and oxygen atoms in total. The predicted molar refractivity (Wildman–Crippen MR) is 45.9 cm³/mol. The Morgan fingerprint density at radius 1 is 1.22 bits per heavy atom. The molecule has 0 aromatic heterocycles. The van der Waals surface area contributed by atoms with E-state index >= 15 is 0 Å². The molecule has 0 aromatic rings. The van der Waals surface area contributed by atoms with E-state index in [1.165, 1.54) is 0 Å². The minimum absolute atomic E-state index is 1.00. The quantitative estimate of drug-likeness (QED) is 0.481. The van der Waals surface area contributed by atoms with E-state index in [-0.39, 0.29) is 0 Å². The second-order valence-corrected chi connectivity index (χ2v) is 2.19. The van der Waals surface area contributed by atoms with Gasteiger partial charge in [0.25, 0.3) is 0 Å². The highest BCUT2D eigenvalue weighted by atomic mass is 32.2. The van der Waals surface area contributed by atoms with Gasteiger partial charge in [-0.25, -0.2) is 0 Å². The fraction of sp³-hybridized carbons (Fsp3) is 0.429. The molecule has 0 heterocycles. The Kier molecular flexibility index (Phi) is 20.1.